The summed E-state index contributed by atoms with van der Waals surface area (Å²) in [7, 11) is 0. The van der Waals surface area contributed by atoms with Gasteiger partial charge < -0.3 is 69.6 Å². The molecule has 9 N–H and O–H groups in total. The third kappa shape index (κ3) is 5.40. The van der Waals surface area contributed by atoms with E-state index in [4.69, 9.17) is 23.7 Å². The second-order valence-electron chi connectivity index (χ2n) is 9.02. The first-order chi connectivity index (χ1) is 16.0. The van der Waals surface area contributed by atoms with E-state index < -0.39 is 112 Å². The Kier molecular flexibility index (Phi) is 9.61. The lowest BCUT2D eigenvalue weighted by atomic mass is 9.91. The molecule has 3 saturated heterocycles. The molecule has 3 aliphatic rings. The van der Waals surface area contributed by atoms with Crippen LogP contribution in [-0.4, -0.2) is 152 Å². The summed E-state index contributed by atoms with van der Waals surface area (Å²) in [5.41, 5.74) is 0. The number of hydrogen-bond donors (Lipinski definition) is 9. The number of hydrogen-bond acceptors (Lipinski definition) is 14. The Balaban J connectivity index is 1.70. The molecule has 0 saturated carbocycles. The highest BCUT2D eigenvalue weighted by Gasteiger charge is 2.52. The van der Waals surface area contributed by atoms with Crippen molar-refractivity contribution in [3.8, 4) is 0 Å². The Morgan fingerprint density at radius 2 is 1.03 bits per heavy atom. The van der Waals surface area contributed by atoms with E-state index in [9.17, 15) is 46.0 Å². The Labute approximate surface area is 195 Å². The van der Waals surface area contributed by atoms with E-state index in [1.165, 1.54) is 0 Å². The first-order valence-electron chi connectivity index (χ1n) is 11.2. The summed E-state index contributed by atoms with van der Waals surface area (Å²) in [4.78, 5) is 0. The zero-order valence-corrected chi connectivity index (χ0v) is 18.8. The lowest BCUT2D eigenvalue weighted by Crippen LogP contribution is -2.64. The van der Waals surface area contributed by atoms with Crippen molar-refractivity contribution >= 4 is 0 Å². The molecule has 34 heavy (non-hydrogen) atoms. The van der Waals surface area contributed by atoms with Crippen LogP contribution in [0.15, 0.2) is 0 Å². The fraction of sp³-hybridized carbons (Fsp3) is 1.00. The molecular formula is C20H36O14. The van der Waals surface area contributed by atoms with Crippen LogP contribution in [0.25, 0.3) is 0 Å². The molecule has 0 aromatic rings. The van der Waals surface area contributed by atoms with Gasteiger partial charge in [0.25, 0.3) is 0 Å². The minimum absolute atomic E-state index is 0.506. The first kappa shape index (κ1) is 28.0. The van der Waals surface area contributed by atoms with Gasteiger partial charge in [-0.05, 0) is 6.92 Å². The van der Waals surface area contributed by atoms with Crippen LogP contribution in [0.4, 0.5) is 0 Å². The van der Waals surface area contributed by atoms with Gasteiger partial charge in [0, 0.05) is 5.92 Å². The third-order valence-corrected chi connectivity index (χ3v) is 6.69. The molecule has 0 radical (unpaired) electrons. The van der Waals surface area contributed by atoms with Gasteiger partial charge in [0.05, 0.1) is 32.0 Å². The number of aliphatic hydroxyl groups excluding tert-OH is 9. The molecule has 3 aliphatic heterocycles. The van der Waals surface area contributed by atoms with E-state index in [1.54, 1.807) is 13.8 Å². The van der Waals surface area contributed by atoms with E-state index >= 15 is 0 Å². The third-order valence-electron chi connectivity index (χ3n) is 6.69. The van der Waals surface area contributed by atoms with E-state index in [0.717, 1.165) is 0 Å². The highest BCUT2D eigenvalue weighted by atomic mass is 16.7. The normalized spacial score (nSPS) is 52.5. The van der Waals surface area contributed by atoms with Gasteiger partial charge in [-0.15, -0.1) is 0 Å². The molecule has 3 fully saturated rings. The Morgan fingerprint density at radius 3 is 1.62 bits per heavy atom. The van der Waals surface area contributed by atoms with Crippen molar-refractivity contribution < 1.29 is 69.6 Å². The van der Waals surface area contributed by atoms with E-state index in [-0.39, 0.29) is 0 Å². The fourth-order valence-electron chi connectivity index (χ4n) is 4.48. The van der Waals surface area contributed by atoms with Gasteiger partial charge in [-0.1, -0.05) is 6.92 Å². The molecule has 0 aromatic carbocycles. The highest BCUT2D eigenvalue weighted by Crippen LogP contribution is 2.34. The number of rotatable bonds is 7. The summed E-state index contributed by atoms with van der Waals surface area (Å²) in [6.07, 6.45) is -18.5. The van der Waals surface area contributed by atoms with Crippen LogP contribution >= 0.6 is 0 Å². The van der Waals surface area contributed by atoms with Gasteiger partial charge in [-0.3, -0.25) is 0 Å². The average Bonchev–Trinajstić information content (AvgIpc) is 2.83. The van der Waals surface area contributed by atoms with Gasteiger partial charge in [0.1, 0.15) is 61.0 Å². The molecule has 0 amide bonds. The molecule has 200 valence electrons. The van der Waals surface area contributed by atoms with Gasteiger partial charge in [-0.2, -0.15) is 0 Å². The standard InChI is InChI=1S/C20H36O14/c1-6-11(24)18(34-20-16(29)14(27)12(25)9(4-22)31-20)10(5-23)32-19(6)33-17-7(2)30-8(3-21)13(26)15(17)28/h6-29H,3-5H2,1-2H3/t6?,7-,8?,9?,10+,11?,12+,13-,14?,15?,16+,17?,18-,19+,20+/m1/s1. The molecule has 0 bridgehead atoms. The second-order valence-corrected chi connectivity index (χ2v) is 9.02. The lowest BCUT2D eigenvalue weighted by molar-refractivity contribution is -0.364. The maximum absolute atomic E-state index is 10.9. The van der Waals surface area contributed by atoms with Crippen LogP contribution in [0.3, 0.4) is 0 Å². The van der Waals surface area contributed by atoms with Crippen LogP contribution in [-0.2, 0) is 23.7 Å². The molecule has 14 heteroatoms. The van der Waals surface area contributed by atoms with Gasteiger partial charge in [0.2, 0.25) is 0 Å². The van der Waals surface area contributed by atoms with Crippen molar-refractivity contribution in [1.29, 1.82) is 0 Å². The fourth-order valence-corrected chi connectivity index (χ4v) is 4.48. The van der Waals surface area contributed by atoms with Crippen molar-refractivity contribution in [2.75, 3.05) is 19.8 Å². The Morgan fingerprint density at radius 1 is 0.529 bits per heavy atom. The quantitative estimate of drug-likeness (QED) is 0.159. The zero-order chi connectivity index (χ0) is 25.3. The lowest BCUT2D eigenvalue weighted by Gasteiger charge is -2.48. The van der Waals surface area contributed by atoms with Crippen LogP contribution in [0, 0.1) is 5.92 Å². The maximum atomic E-state index is 10.9. The van der Waals surface area contributed by atoms with Crippen molar-refractivity contribution in [3.05, 3.63) is 0 Å². The minimum atomic E-state index is -1.72. The number of ether oxygens (including phenoxy) is 5. The number of aliphatic hydroxyl groups is 9. The zero-order valence-electron chi connectivity index (χ0n) is 18.8. The van der Waals surface area contributed by atoms with Crippen molar-refractivity contribution in [1.82, 2.24) is 0 Å². The van der Waals surface area contributed by atoms with Crippen molar-refractivity contribution in [2.45, 2.75) is 99.7 Å². The predicted molar refractivity (Wildman–Crippen MR) is 108 cm³/mol. The van der Waals surface area contributed by atoms with E-state index in [2.05, 4.69) is 0 Å². The van der Waals surface area contributed by atoms with Crippen molar-refractivity contribution in [2.24, 2.45) is 5.92 Å². The molecule has 7 unspecified atom stereocenters. The maximum Gasteiger partial charge on any atom is 0.187 e. The SMILES string of the molecule is CC1C(O)[C@H](O[C@@H]2OC(CO)[C@H](O)C(O)[C@@H]2O)[C@H](CO)O[C@H]1OC1C(O)[C@H](O)C(CO)O[C@@H]1C. The molecule has 14 nitrogen and oxygen atoms in total. The second kappa shape index (κ2) is 11.7. The largest absolute Gasteiger partial charge is 0.394 e. The van der Waals surface area contributed by atoms with Gasteiger partial charge >= 0.3 is 0 Å². The van der Waals surface area contributed by atoms with Crippen molar-refractivity contribution in [3.63, 3.8) is 0 Å². The molecule has 3 rings (SSSR count). The topological polar surface area (TPSA) is 228 Å². The average molecular weight is 500 g/mol. The van der Waals surface area contributed by atoms with Crippen LogP contribution in [0.2, 0.25) is 0 Å². The Bertz CT molecular complexity index is 636. The minimum Gasteiger partial charge on any atom is -0.394 e. The van der Waals surface area contributed by atoms with E-state index in [1.807, 2.05) is 0 Å². The van der Waals surface area contributed by atoms with Gasteiger partial charge in [-0.25, -0.2) is 0 Å². The van der Waals surface area contributed by atoms with Gasteiger partial charge in [0.15, 0.2) is 12.6 Å². The highest BCUT2D eigenvalue weighted by molar-refractivity contribution is 4.95. The summed E-state index contributed by atoms with van der Waals surface area (Å²) in [6, 6.07) is 0. The summed E-state index contributed by atoms with van der Waals surface area (Å²) in [5.74, 6) is -0.815. The summed E-state index contributed by atoms with van der Waals surface area (Å²) in [6.45, 7) is 1.28. The van der Waals surface area contributed by atoms with Crippen LogP contribution in [0.1, 0.15) is 13.8 Å². The molecule has 15 atom stereocenters. The first-order valence-corrected chi connectivity index (χ1v) is 11.2. The molecule has 3 heterocycles. The monoisotopic (exact) mass is 500 g/mol. The molecular weight excluding hydrogens is 464 g/mol. The molecule has 0 aromatic heterocycles. The summed E-state index contributed by atoms with van der Waals surface area (Å²) < 4.78 is 28.0. The van der Waals surface area contributed by atoms with Crippen LogP contribution < -0.4 is 0 Å². The Hall–Kier alpha value is -0.560. The predicted octanol–water partition coefficient (Wildman–Crippen LogP) is -5.23. The van der Waals surface area contributed by atoms with Crippen LogP contribution in [0.5, 0.6) is 0 Å². The summed E-state index contributed by atoms with van der Waals surface area (Å²) in [5, 5.41) is 90.0. The molecule has 0 spiro atoms. The molecule has 0 aliphatic carbocycles. The summed E-state index contributed by atoms with van der Waals surface area (Å²) >= 11 is 0. The smallest absolute Gasteiger partial charge is 0.187 e. The van der Waals surface area contributed by atoms with E-state index in [0.29, 0.717) is 0 Å².